The minimum Gasteiger partial charge on any atom is -0.468 e. The maximum absolute atomic E-state index is 12.6. The van der Waals surface area contributed by atoms with E-state index in [4.69, 9.17) is 4.74 Å². The molecule has 0 aliphatic carbocycles. The Balaban J connectivity index is 1.75. The number of fused-ring (bicyclic) bond motifs is 1. The molecule has 136 valence electrons. The van der Waals surface area contributed by atoms with Crippen molar-refractivity contribution in [2.45, 2.75) is 23.9 Å². The Kier molecular flexibility index (Phi) is 5.96. The van der Waals surface area contributed by atoms with E-state index < -0.39 is 6.04 Å². The number of rotatable bonds is 5. The Morgan fingerprint density at radius 3 is 2.58 bits per heavy atom. The van der Waals surface area contributed by atoms with Gasteiger partial charge in [0.25, 0.3) is 0 Å². The van der Waals surface area contributed by atoms with Crippen molar-refractivity contribution in [3.63, 3.8) is 0 Å². The number of amides is 1. The highest BCUT2D eigenvalue weighted by atomic mass is 32.2. The smallest absolute Gasteiger partial charge is 0.323 e. The normalized spacial score (nSPS) is 16.6. The molecule has 1 aliphatic rings. The van der Waals surface area contributed by atoms with Gasteiger partial charge in [0.15, 0.2) is 0 Å². The van der Waals surface area contributed by atoms with E-state index in [1.54, 1.807) is 11.8 Å². The summed E-state index contributed by atoms with van der Waals surface area (Å²) in [7, 11) is 1.38. The van der Waals surface area contributed by atoms with Crippen LogP contribution in [0.25, 0.3) is 0 Å². The van der Waals surface area contributed by atoms with Crippen molar-refractivity contribution < 1.29 is 14.3 Å². The number of nitrogens with one attached hydrogen (secondary N) is 1. The minimum atomic E-state index is -0.448. The first-order chi connectivity index (χ1) is 12.6. The van der Waals surface area contributed by atoms with Crippen LogP contribution < -0.4 is 5.32 Å². The summed E-state index contributed by atoms with van der Waals surface area (Å²) in [6, 6.07) is 15.2. The summed E-state index contributed by atoms with van der Waals surface area (Å²) >= 11 is 1.58. The molecule has 1 heterocycles. The van der Waals surface area contributed by atoms with Crippen LogP contribution in [0.15, 0.2) is 53.4 Å². The number of hydrogen-bond acceptors (Lipinski definition) is 5. The van der Waals surface area contributed by atoms with Gasteiger partial charge in [0, 0.05) is 11.4 Å². The van der Waals surface area contributed by atoms with E-state index in [2.05, 4.69) is 5.32 Å². The van der Waals surface area contributed by atoms with Crippen molar-refractivity contribution in [1.29, 1.82) is 0 Å². The number of esters is 1. The van der Waals surface area contributed by atoms with Crippen molar-refractivity contribution in [3.8, 4) is 0 Å². The third-order valence-electron chi connectivity index (χ3n) is 4.55. The summed E-state index contributed by atoms with van der Waals surface area (Å²) in [6.07, 6.45) is 2.53. The van der Waals surface area contributed by atoms with Crippen molar-refractivity contribution in [1.82, 2.24) is 4.90 Å². The quantitative estimate of drug-likeness (QED) is 0.648. The van der Waals surface area contributed by atoms with Gasteiger partial charge in [-0.2, -0.15) is 0 Å². The molecule has 1 N–H and O–H groups in total. The fourth-order valence-electron chi connectivity index (χ4n) is 3.23. The van der Waals surface area contributed by atoms with Gasteiger partial charge in [-0.25, -0.2) is 0 Å². The van der Waals surface area contributed by atoms with Crippen molar-refractivity contribution in [3.05, 3.63) is 59.7 Å². The number of methoxy groups -OCH3 is 1. The van der Waals surface area contributed by atoms with Gasteiger partial charge in [0.05, 0.1) is 19.3 Å². The van der Waals surface area contributed by atoms with E-state index in [1.165, 1.54) is 7.11 Å². The van der Waals surface area contributed by atoms with Crippen LogP contribution in [-0.2, 0) is 27.3 Å². The zero-order chi connectivity index (χ0) is 18.5. The third-order valence-corrected chi connectivity index (χ3v) is 5.34. The van der Waals surface area contributed by atoms with Gasteiger partial charge < -0.3 is 10.1 Å². The Labute approximate surface area is 157 Å². The molecule has 0 saturated heterocycles. The summed E-state index contributed by atoms with van der Waals surface area (Å²) in [4.78, 5) is 27.7. The minimum absolute atomic E-state index is 0.136. The number of anilines is 1. The van der Waals surface area contributed by atoms with E-state index >= 15 is 0 Å². The monoisotopic (exact) mass is 370 g/mol. The molecule has 0 radical (unpaired) electrons. The number of carbonyl (C=O) groups excluding carboxylic acids is 2. The zero-order valence-corrected chi connectivity index (χ0v) is 15.7. The van der Waals surface area contributed by atoms with Crippen LogP contribution in [0.4, 0.5) is 5.69 Å². The Morgan fingerprint density at radius 1 is 1.15 bits per heavy atom. The summed E-state index contributed by atoms with van der Waals surface area (Å²) in [5.74, 6) is -0.448. The lowest BCUT2D eigenvalue weighted by molar-refractivity contribution is -0.148. The molecule has 5 nitrogen and oxygen atoms in total. The molecule has 0 fully saturated rings. The molecule has 1 atom stereocenters. The summed E-state index contributed by atoms with van der Waals surface area (Å²) in [6.45, 7) is 0.685. The van der Waals surface area contributed by atoms with Crippen LogP contribution >= 0.6 is 11.8 Å². The third kappa shape index (κ3) is 4.08. The zero-order valence-electron chi connectivity index (χ0n) is 14.9. The summed E-state index contributed by atoms with van der Waals surface area (Å²) in [5.41, 5.74) is 3.06. The van der Waals surface area contributed by atoms with Gasteiger partial charge in [-0.15, -0.1) is 11.8 Å². The molecule has 0 bridgehead atoms. The lowest BCUT2D eigenvalue weighted by Gasteiger charge is -2.34. The molecular weight excluding hydrogens is 348 g/mol. The molecule has 1 aliphatic heterocycles. The predicted molar refractivity (Wildman–Crippen MR) is 103 cm³/mol. The van der Waals surface area contributed by atoms with Crippen LogP contribution in [0, 0.1) is 0 Å². The fraction of sp³-hybridized carbons (Fsp3) is 0.300. The van der Waals surface area contributed by atoms with Gasteiger partial charge in [0.2, 0.25) is 5.91 Å². The Hall–Kier alpha value is -2.31. The number of thioether (sulfide) groups is 1. The second-order valence-electron chi connectivity index (χ2n) is 6.17. The van der Waals surface area contributed by atoms with Gasteiger partial charge in [0.1, 0.15) is 6.04 Å². The van der Waals surface area contributed by atoms with E-state index in [1.807, 2.05) is 59.7 Å². The number of nitrogens with zero attached hydrogens (tertiary/aromatic N) is 1. The van der Waals surface area contributed by atoms with Crippen molar-refractivity contribution >= 4 is 29.3 Å². The maximum atomic E-state index is 12.6. The first-order valence-corrected chi connectivity index (χ1v) is 9.66. The molecule has 0 spiro atoms. The molecule has 26 heavy (non-hydrogen) atoms. The predicted octanol–water partition coefficient (Wildman–Crippen LogP) is 2.95. The number of carbonyl (C=O) groups is 2. The number of hydrogen-bond donors (Lipinski definition) is 1. The Morgan fingerprint density at radius 2 is 1.85 bits per heavy atom. The average Bonchev–Trinajstić information content (AvgIpc) is 2.67. The topological polar surface area (TPSA) is 58.6 Å². The van der Waals surface area contributed by atoms with Gasteiger partial charge in [-0.05, 0) is 35.9 Å². The highest BCUT2D eigenvalue weighted by molar-refractivity contribution is 7.98. The van der Waals surface area contributed by atoms with Crippen LogP contribution in [-0.4, -0.2) is 42.7 Å². The van der Waals surface area contributed by atoms with E-state index in [9.17, 15) is 9.59 Å². The highest BCUT2D eigenvalue weighted by Crippen LogP contribution is 2.26. The average molecular weight is 370 g/mol. The van der Waals surface area contributed by atoms with Crippen LogP contribution in [0.5, 0.6) is 0 Å². The van der Waals surface area contributed by atoms with Crippen LogP contribution in [0.2, 0.25) is 0 Å². The molecule has 3 rings (SSSR count). The van der Waals surface area contributed by atoms with Gasteiger partial charge in [-0.1, -0.05) is 36.4 Å². The number of benzene rings is 2. The summed E-state index contributed by atoms with van der Waals surface area (Å²) < 4.78 is 4.96. The lowest BCUT2D eigenvalue weighted by Crippen LogP contribution is -2.49. The maximum Gasteiger partial charge on any atom is 0.323 e. The van der Waals surface area contributed by atoms with E-state index in [0.717, 1.165) is 21.7 Å². The fourth-order valence-corrected chi connectivity index (χ4v) is 3.79. The molecule has 2 aromatic carbocycles. The van der Waals surface area contributed by atoms with Crippen molar-refractivity contribution in [2.75, 3.05) is 25.2 Å². The van der Waals surface area contributed by atoms with Crippen molar-refractivity contribution in [2.24, 2.45) is 0 Å². The molecule has 0 unspecified atom stereocenters. The molecular formula is C20H22N2O3S. The number of ether oxygens (including phenoxy) is 1. The molecule has 2 aromatic rings. The van der Waals surface area contributed by atoms with Crippen LogP contribution in [0.3, 0.4) is 0 Å². The highest BCUT2D eigenvalue weighted by Gasteiger charge is 2.33. The summed E-state index contributed by atoms with van der Waals surface area (Å²) in [5, 5.41) is 2.96. The molecule has 0 saturated carbocycles. The SMILES string of the molecule is COC(=O)[C@H]1Cc2ccccc2CN1CC(=O)Nc1ccccc1SC. The molecule has 0 aromatic heterocycles. The van der Waals surface area contributed by atoms with E-state index in [-0.39, 0.29) is 18.4 Å². The van der Waals surface area contributed by atoms with Gasteiger partial charge in [-0.3, -0.25) is 14.5 Å². The molecule has 1 amide bonds. The second kappa shape index (κ2) is 8.38. The number of para-hydroxylation sites is 1. The largest absolute Gasteiger partial charge is 0.468 e. The van der Waals surface area contributed by atoms with E-state index in [0.29, 0.717) is 13.0 Å². The van der Waals surface area contributed by atoms with Gasteiger partial charge >= 0.3 is 5.97 Å². The first kappa shape index (κ1) is 18.5. The first-order valence-electron chi connectivity index (χ1n) is 8.44. The second-order valence-corrected chi connectivity index (χ2v) is 7.01. The molecule has 6 heteroatoms. The van der Waals surface area contributed by atoms with Crippen LogP contribution in [0.1, 0.15) is 11.1 Å². The standard InChI is InChI=1S/C20H22N2O3S/c1-25-20(24)17-11-14-7-3-4-8-15(14)12-22(17)13-19(23)21-16-9-5-6-10-18(16)26-2/h3-10,17H,11-13H2,1-2H3,(H,21,23)/t17-/m1/s1. The lowest BCUT2D eigenvalue weighted by atomic mass is 9.94. The Bertz CT molecular complexity index is 809.